The lowest BCUT2D eigenvalue weighted by atomic mass is 10.2. The second kappa shape index (κ2) is 9.36. The monoisotopic (exact) mass is 372 g/mol. The molecule has 146 valence electrons. The molecule has 1 N–H and O–H groups in total. The van der Waals surface area contributed by atoms with E-state index in [2.05, 4.69) is 54.5 Å². The first-order chi connectivity index (χ1) is 13.2. The summed E-state index contributed by atoms with van der Waals surface area (Å²) in [4.78, 5) is 13.4. The van der Waals surface area contributed by atoms with Gasteiger partial charge in [0.15, 0.2) is 11.8 Å². The average molecular weight is 372 g/mol. The van der Waals surface area contributed by atoms with Gasteiger partial charge in [-0.25, -0.2) is 0 Å². The van der Waals surface area contributed by atoms with Gasteiger partial charge in [0.25, 0.3) is 0 Å². The summed E-state index contributed by atoms with van der Waals surface area (Å²) in [5.74, 6) is 1.95. The molecule has 1 saturated heterocycles. The number of hydrogen-bond acceptors (Lipinski definition) is 6. The largest absolute Gasteiger partial charge is 0.371 e. The van der Waals surface area contributed by atoms with E-state index in [1.807, 2.05) is 19.9 Å². The van der Waals surface area contributed by atoms with Crippen LogP contribution >= 0.6 is 0 Å². The lowest BCUT2D eigenvalue weighted by Gasteiger charge is -2.37. The van der Waals surface area contributed by atoms with E-state index in [-0.39, 0.29) is 6.10 Å². The second-order valence-corrected chi connectivity index (χ2v) is 6.35. The van der Waals surface area contributed by atoms with Gasteiger partial charge in [0.2, 0.25) is 5.89 Å². The van der Waals surface area contributed by atoms with Gasteiger partial charge in [0, 0.05) is 45.5 Å². The van der Waals surface area contributed by atoms with E-state index >= 15 is 0 Å². The molecular weight excluding hydrogens is 344 g/mol. The average Bonchev–Trinajstić information content (AvgIpc) is 3.19. The summed E-state index contributed by atoms with van der Waals surface area (Å²) < 4.78 is 10.8. The van der Waals surface area contributed by atoms with Crippen LogP contribution in [0.1, 0.15) is 31.7 Å². The molecule has 1 aliphatic heterocycles. The number of guanidine groups is 1. The number of piperazine rings is 1. The Morgan fingerprint density at radius 2 is 2.00 bits per heavy atom. The van der Waals surface area contributed by atoms with Crippen LogP contribution in [0.15, 0.2) is 39.8 Å². The molecule has 2 aromatic rings. The number of rotatable bonds is 6. The Morgan fingerprint density at radius 1 is 1.26 bits per heavy atom. The Kier molecular flexibility index (Phi) is 6.64. The van der Waals surface area contributed by atoms with Crippen molar-refractivity contribution < 1.29 is 9.26 Å². The molecule has 1 atom stereocenters. The molecule has 0 aliphatic carbocycles. The second-order valence-electron chi connectivity index (χ2n) is 6.35. The standard InChI is InChI=1S/C19H28N6O2/c1-4-26-15(2)18-22-17(27-23-18)14-21-19(20-3)25-12-10-24(11-13-25)16-8-6-5-7-9-16/h5-9,15H,4,10-14H2,1-3H3,(H,20,21). The third kappa shape index (κ3) is 4.97. The summed E-state index contributed by atoms with van der Waals surface area (Å²) in [6, 6.07) is 10.5. The highest BCUT2D eigenvalue weighted by atomic mass is 16.5. The normalized spacial score (nSPS) is 16.5. The maximum atomic E-state index is 5.49. The van der Waals surface area contributed by atoms with Crippen molar-refractivity contribution in [2.24, 2.45) is 4.99 Å². The van der Waals surface area contributed by atoms with Gasteiger partial charge in [-0.05, 0) is 26.0 Å². The summed E-state index contributed by atoms with van der Waals surface area (Å²) in [6.07, 6.45) is -0.169. The zero-order valence-electron chi connectivity index (χ0n) is 16.3. The maximum Gasteiger partial charge on any atom is 0.246 e. The highest BCUT2D eigenvalue weighted by Gasteiger charge is 2.20. The maximum absolute atomic E-state index is 5.49. The van der Waals surface area contributed by atoms with Crippen molar-refractivity contribution in [1.82, 2.24) is 20.4 Å². The van der Waals surface area contributed by atoms with Gasteiger partial charge in [-0.2, -0.15) is 4.98 Å². The fourth-order valence-corrected chi connectivity index (χ4v) is 3.13. The third-order valence-electron chi connectivity index (χ3n) is 4.57. The quantitative estimate of drug-likeness (QED) is 0.614. The molecule has 27 heavy (non-hydrogen) atoms. The fourth-order valence-electron chi connectivity index (χ4n) is 3.13. The Bertz CT molecular complexity index is 725. The Hall–Kier alpha value is -2.61. The van der Waals surface area contributed by atoms with Crippen LogP contribution in [-0.2, 0) is 11.3 Å². The van der Waals surface area contributed by atoms with Crippen LogP contribution in [-0.4, -0.2) is 60.8 Å². The van der Waals surface area contributed by atoms with Crippen molar-refractivity contribution in [2.45, 2.75) is 26.5 Å². The van der Waals surface area contributed by atoms with Crippen LogP contribution in [0.3, 0.4) is 0 Å². The lowest BCUT2D eigenvalue weighted by Crippen LogP contribution is -2.52. The molecule has 1 fully saturated rings. The van der Waals surface area contributed by atoms with Gasteiger partial charge in [0.1, 0.15) is 6.10 Å². The summed E-state index contributed by atoms with van der Waals surface area (Å²) in [5, 5.41) is 7.30. The zero-order chi connectivity index (χ0) is 19.1. The molecule has 1 aromatic heterocycles. The van der Waals surface area contributed by atoms with Gasteiger partial charge < -0.3 is 24.4 Å². The SMILES string of the molecule is CCOC(C)c1noc(CNC(=NC)N2CCN(c3ccccc3)CC2)n1. The minimum Gasteiger partial charge on any atom is -0.371 e. The van der Waals surface area contributed by atoms with Gasteiger partial charge in [0.05, 0.1) is 6.54 Å². The van der Waals surface area contributed by atoms with Crippen LogP contribution in [0.4, 0.5) is 5.69 Å². The van der Waals surface area contributed by atoms with Crippen LogP contribution in [0, 0.1) is 0 Å². The first-order valence-electron chi connectivity index (χ1n) is 9.41. The van der Waals surface area contributed by atoms with E-state index in [0.29, 0.717) is 24.9 Å². The zero-order valence-corrected chi connectivity index (χ0v) is 16.3. The van der Waals surface area contributed by atoms with Crippen molar-refractivity contribution in [1.29, 1.82) is 0 Å². The van der Waals surface area contributed by atoms with E-state index < -0.39 is 0 Å². The predicted octanol–water partition coefficient (Wildman–Crippen LogP) is 2.06. The fraction of sp³-hybridized carbons (Fsp3) is 0.526. The van der Waals surface area contributed by atoms with Crippen LogP contribution in [0.25, 0.3) is 0 Å². The molecule has 8 nitrogen and oxygen atoms in total. The number of anilines is 1. The van der Waals surface area contributed by atoms with E-state index in [4.69, 9.17) is 9.26 Å². The first kappa shape index (κ1) is 19.2. The summed E-state index contributed by atoms with van der Waals surface area (Å²) in [5.41, 5.74) is 1.27. The Balaban J connectivity index is 1.50. The van der Waals surface area contributed by atoms with E-state index in [9.17, 15) is 0 Å². The summed E-state index contributed by atoms with van der Waals surface area (Å²) >= 11 is 0. The topological polar surface area (TPSA) is 79.0 Å². The van der Waals surface area contributed by atoms with Crippen molar-refractivity contribution >= 4 is 11.6 Å². The number of hydrogen-bond donors (Lipinski definition) is 1. The highest BCUT2D eigenvalue weighted by molar-refractivity contribution is 5.80. The molecule has 3 rings (SSSR count). The highest BCUT2D eigenvalue weighted by Crippen LogP contribution is 2.16. The molecule has 1 aliphatic rings. The predicted molar refractivity (Wildman–Crippen MR) is 105 cm³/mol. The Morgan fingerprint density at radius 3 is 2.67 bits per heavy atom. The Labute approximate surface area is 160 Å². The molecule has 1 aromatic carbocycles. The molecule has 8 heteroatoms. The number of ether oxygens (including phenoxy) is 1. The molecule has 0 saturated carbocycles. The number of nitrogens with one attached hydrogen (secondary N) is 1. The molecule has 0 radical (unpaired) electrons. The lowest BCUT2D eigenvalue weighted by molar-refractivity contribution is 0.0683. The first-order valence-corrected chi connectivity index (χ1v) is 9.41. The van der Waals surface area contributed by atoms with Gasteiger partial charge in [-0.3, -0.25) is 4.99 Å². The molecule has 0 bridgehead atoms. The number of para-hydroxylation sites is 1. The van der Waals surface area contributed by atoms with Crippen LogP contribution in [0.2, 0.25) is 0 Å². The van der Waals surface area contributed by atoms with Crippen molar-refractivity contribution in [3.8, 4) is 0 Å². The van der Waals surface area contributed by atoms with Crippen LogP contribution in [0.5, 0.6) is 0 Å². The van der Waals surface area contributed by atoms with Gasteiger partial charge in [-0.15, -0.1) is 0 Å². The minimum atomic E-state index is -0.169. The van der Waals surface area contributed by atoms with E-state index in [0.717, 1.165) is 32.1 Å². The summed E-state index contributed by atoms with van der Waals surface area (Å²) in [7, 11) is 1.79. The number of benzene rings is 1. The van der Waals surface area contributed by atoms with Gasteiger partial charge in [-0.1, -0.05) is 23.4 Å². The van der Waals surface area contributed by atoms with E-state index in [1.165, 1.54) is 5.69 Å². The number of nitrogens with zero attached hydrogens (tertiary/aromatic N) is 5. The van der Waals surface area contributed by atoms with E-state index in [1.54, 1.807) is 7.05 Å². The van der Waals surface area contributed by atoms with Crippen molar-refractivity contribution in [3.63, 3.8) is 0 Å². The third-order valence-corrected chi connectivity index (χ3v) is 4.57. The summed E-state index contributed by atoms with van der Waals surface area (Å²) in [6.45, 7) is 8.65. The molecule has 1 unspecified atom stereocenters. The smallest absolute Gasteiger partial charge is 0.246 e. The molecular formula is C19H28N6O2. The molecule has 2 heterocycles. The number of aliphatic imine (C=N–C) groups is 1. The van der Waals surface area contributed by atoms with Crippen molar-refractivity contribution in [2.75, 3.05) is 44.7 Å². The molecule has 0 spiro atoms. The van der Waals surface area contributed by atoms with Crippen molar-refractivity contribution in [3.05, 3.63) is 42.0 Å². The molecule has 0 amide bonds. The van der Waals surface area contributed by atoms with Crippen LogP contribution < -0.4 is 10.2 Å². The van der Waals surface area contributed by atoms with Gasteiger partial charge >= 0.3 is 0 Å². The number of aromatic nitrogens is 2. The minimum absolute atomic E-state index is 0.169.